The predicted molar refractivity (Wildman–Crippen MR) is 70.6 cm³/mol. The van der Waals surface area contributed by atoms with Gasteiger partial charge in [-0.15, -0.1) is 11.3 Å². The Bertz CT molecular complexity index is 504. The van der Waals surface area contributed by atoms with Crippen LogP contribution in [0.25, 0.3) is 4.96 Å². The van der Waals surface area contributed by atoms with Crippen LogP contribution in [-0.2, 0) is 11.2 Å². The van der Waals surface area contributed by atoms with E-state index in [1.165, 1.54) is 11.3 Å². The third-order valence-corrected chi connectivity index (χ3v) is 3.53. The lowest BCUT2D eigenvalue weighted by Crippen LogP contribution is -2.35. The van der Waals surface area contributed by atoms with Crippen molar-refractivity contribution in [1.29, 1.82) is 0 Å². The van der Waals surface area contributed by atoms with E-state index >= 15 is 0 Å². The Kier molecular flexibility index (Phi) is 3.98. The molecule has 5 nitrogen and oxygen atoms in total. The zero-order valence-corrected chi connectivity index (χ0v) is 11.3. The van der Waals surface area contributed by atoms with Crippen molar-refractivity contribution in [1.82, 2.24) is 14.7 Å². The molecule has 6 heteroatoms. The molecule has 1 amide bonds. The fraction of sp³-hybridized carbons (Fsp3) is 0.500. The molecule has 0 aliphatic heterocycles. The highest BCUT2D eigenvalue weighted by Gasteiger charge is 2.12. The number of nitrogens with zero attached hydrogens (tertiary/aromatic N) is 2. The molecule has 1 unspecified atom stereocenters. The fourth-order valence-corrected chi connectivity index (χ4v) is 2.26. The van der Waals surface area contributed by atoms with Crippen molar-refractivity contribution >= 4 is 22.2 Å². The topological polar surface area (TPSA) is 66.6 Å². The first-order valence-corrected chi connectivity index (χ1v) is 6.80. The van der Waals surface area contributed by atoms with E-state index in [0.29, 0.717) is 6.54 Å². The lowest BCUT2D eigenvalue weighted by atomic mass is 10.1. The Labute approximate surface area is 109 Å². The second-order valence-corrected chi connectivity index (χ2v) is 5.49. The van der Waals surface area contributed by atoms with Gasteiger partial charge >= 0.3 is 0 Å². The molecule has 0 fully saturated rings. The molecule has 0 bridgehead atoms. The first kappa shape index (κ1) is 13.0. The van der Waals surface area contributed by atoms with Crippen LogP contribution in [0, 0.1) is 5.92 Å². The van der Waals surface area contributed by atoms with E-state index in [1.807, 2.05) is 36.0 Å². The molecule has 2 heterocycles. The van der Waals surface area contributed by atoms with Crippen LogP contribution in [-0.4, -0.2) is 33.0 Å². The number of hydrogen-bond acceptors (Lipinski definition) is 4. The Morgan fingerprint density at radius 1 is 1.61 bits per heavy atom. The van der Waals surface area contributed by atoms with Crippen LogP contribution in [0.2, 0.25) is 0 Å². The zero-order valence-electron chi connectivity index (χ0n) is 10.5. The summed E-state index contributed by atoms with van der Waals surface area (Å²) in [6.07, 6.45) is 3.51. The number of amides is 1. The molecule has 98 valence electrons. The van der Waals surface area contributed by atoms with Gasteiger partial charge < -0.3 is 10.4 Å². The standard InChI is InChI=1S/C12H17N3O2S/c1-8(2)10(16)6-13-11(17)5-9-7-15-3-4-18-12(15)14-9/h3-4,7-8,10,16H,5-6H2,1-2H3,(H,13,17). The zero-order chi connectivity index (χ0) is 13.1. The minimum absolute atomic E-state index is 0.111. The molecular formula is C12H17N3O2S. The van der Waals surface area contributed by atoms with Gasteiger partial charge in [-0.2, -0.15) is 0 Å². The summed E-state index contributed by atoms with van der Waals surface area (Å²) in [5.74, 6) is 0.0312. The molecule has 0 spiro atoms. The molecule has 1 atom stereocenters. The normalized spacial score (nSPS) is 13.1. The van der Waals surface area contributed by atoms with Crippen LogP contribution < -0.4 is 5.32 Å². The summed E-state index contributed by atoms with van der Waals surface area (Å²) in [5, 5.41) is 14.3. The van der Waals surface area contributed by atoms with Gasteiger partial charge in [0.15, 0.2) is 4.96 Å². The highest BCUT2D eigenvalue weighted by molar-refractivity contribution is 7.15. The Hall–Kier alpha value is -1.40. The Balaban J connectivity index is 1.86. The number of carbonyl (C=O) groups is 1. The largest absolute Gasteiger partial charge is 0.391 e. The molecular weight excluding hydrogens is 250 g/mol. The molecule has 2 aromatic rings. The SMILES string of the molecule is CC(C)C(O)CNC(=O)Cc1cn2ccsc2n1. The number of fused-ring (bicyclic) bond motifs is 1. The quantitative estimate of drug-likeness (QED) is 0.851. The van der Waals surface area contributed by atoms with Crippen molar-refractivity contribution in [3.63, 3.8) is 0 Å². The highest BCUT2D eigenvalue weighted by Crippen LogP contribution is 2.11. The lowest BCUT2D eigenvalue weighted by Gasteiger charge is -2.14. The van der Waals surface area contributed by atoms with E-state index in [2.05, 4.69) is 10.3 Å². The fourth-order valence-electron chi connectivity index (χ4n) is 1.54. The van der Waals surface area contributed by atoms with Crippen molar-refractivity contribution < 1.29 is 9.90 Å². The van der Waals surface area contributed by atoms with Crippen molar-refractivity contribution in [3.8, 4) is 0 Å². The van der Waals surface area contributed by atoms with E-state index in [-0.39, 0.29) is 18.2 Å². The maximum atomic E-state index is 11.7. The predicted octanol–water partition coefficient (Wildman–Crippen LogP) is 1.07. The first-order valence-electron chi connectivity index (χ1n) is 5.92. The summed E-state index contributed by atoms with van der Waals surface area (Å²) in [6.45, 7) is 4.12. The van der Waals surface area contributed by atoms with Gasteiger partial charge in [-0.05, 0) is 5.92 Å². The molecule has 0 aromatic carbocycles. The monoisotopic (exact) mass is 267 g/mol. The number of aliphatic hydroxyl groups excluding tert-OH is 1. The summed E-state index contributed by atoms with van der Waals surface area (Å²) in [6, 6.07) is 0. The molecule has 2 aromatic heterocycles. The number of hydrogen-bond donors (Lipinski definition) is 2. The van der Waals surface area contributed by atoms with Crippen molar-refractivity contribution in [2.45, 2.75) is 26.4 Å². The van der Waals surface area contributed by atoms with Gasteiger partial charge in [0.2, 0.25) is 5.91 Å². The highest BCUT2D eigenvalue weighted by atomic mass is 32.1. The molecule has 0 aliphatic rings. The van der Waals surface area contributed by atoms with Crippen molar-refractivity contribution in [2.75, 3.05) is 6.54 Å². The van der Waals surface area contributed by atoms with Crippen LogP contribution in [0.5, 0.6) is 0 Å². The van der Waals surface area contributed by atoms with Crippen LogP contribution in [0.15, 0.2) is 17.8 Å². The Morgan fingerprint density at radius 2 is 2.39 bits per heavy atom. The van der Waals surface area contributed by atoms with Gasteiger partial charge in [0, 0.05) is 24.3 Å². The summed E-state index contributed by atoms with van der Waals surface area (Å²) >= 11 is 1.54. The van der Waals surface area contributed by atoms with Crippen LogP contribution >= 0.6 is 11.3 Å². The van der Waals surface area contributed by atoms with Gasteiger partial charge in [0.05, 0.1) is 18.2 Å². The van der Waals surface area contributed by atoms with E-state index in [9.17, 15) is 9.90 Å². The van der Waals surface area contributed by atoms with Gasteiger partial charge in [0.25, 0.3) is 0 Å². The minimum atomic E-state index is -0.501. The average Bonchev–Trinajstić information content (AvgIpc) is 2.85. The third-order valence-electron chi connectivity index (χ3n) is 2.76. The van der Waals surface area contributed by atoms with Gasteiger partial charge in [0.1, 0.15) is 0 Å². The molecule has 2 rings (SSSR count). The van der Waals surface area contributed by atoms with E-state index in [0.717, 1.165) is 10.7 Å². The lowest BCUT2D eigenvalue weighted by molar-refractivity contribution is -0.121. The molecule has 0 saturated carbocycles. The summed E-state index contributed by atoms with van der Waals surface area (Å²) in [5.41, 5.74) is 0.749. The second kappa shape index (κ2) is 5.49. The summed E-state index contributed by atoms with van der Waals surface area (Å²) in [4.78, 5) is 16.9. The number of imidazole rings is 1. The van der Waals surface area contributed by atoms with Crippen molar-refractivity contribution in [2.24, 2.45) is 5.92 Å². The Morgan fingerprint density at radius 3 is 3.06 bits per heavy atom. The van der Waals surface area contributed by atoms with E-state index in [1.54, 1.807) is 0 Å². The van der Waals surface area contributed by atoms with Crippen LogP contribution in [0.1, 0.15) is 19.5 Å². The molecule has 0 radical (unpaired) electrons. The summed E-state index contributed by atoms with van der Waals surface area (Å²) in [7, 11) is 0. The van der Waals surface area contributed by atoms with Gasteiger partial charge in [-0.1, -0.05) is 13.8 Å². The number of aromatic nitrogens is 2. The van der Waals surface area contributed by atoms with Crippen molar-refractivity contribution in [3.05, 3.63) is 23.5 Å². The number of carbonyl (C=O) groups excluding carboxylic acids is 1. The number of rotatable bonds is 5. The maximum Gasteiger partial charge on any atom is 0.226 e. The maximum absolute atomic E-state index is 11.7. The molecule has 2 N–H and O–H groups in total. The first-order chi connectivity index (χ1) is 8.56. The number of aliphatic hydroxyl groups is 1. The van der Waals surface area contributed by atoms with Gasteiger partial charge in [-0.25, -0.2) is 4.98 Å². The number of nitrogens with one attached hydrogen (secondary N) is 1. The third kappa shape index (κ3) is 3.08. The van der Waals surface area contributed by atoms with E-state index < -0.39 is 6.10 Å². The van der Waals surface area contributed by atoms with Gasteiger partial charge in [-0.3, -0.25) is 9.20 Å². The average molecular weight is 267 g/mol. The van der Waals surface area contributed by atoms with Crippen LogP contribution in [0.4, 0.5) is 0 Å². The minimum Gasteiger partial charge on any atom is -0.391 e. The second-order valence-electron chi connectivity index (χ2n) is 4.62. The molecule has 0 aliphatic carbocycles. The van der Waals surface area contributed by atoms with Crippen LogP contribution in [0.3, 0.4) is 0 Å². The number of thiazole rings is 1. The molecule has 0 saturated heterocycles. The smallest absolute Gasteiger partial charge is 0.226 e. The molecule has 18 heavy (non-hydrogen) atoms. The summed E-state index contributed by atoms with van der Waals surface area (Å²) < 4.78 is 1.90. The van der Waals surface area contributed by atoms with E-state index in [4.69, 9.17) is 0 Å².